The van der Waals surface area contributed by atoms with Gasteiger partial charge >= 0.3 is 0 Å². The van der Waals surface area contributed by atoms with Crippen LogP contribution in [0.4, 0.5) is 10.8 Å². The summed E-state index contributed by atoms with van der Waals surface area (Å²) in [5, 5.41) is 15.7. The van der Waals surface area contributed by atoms with Crippen LogP contribution in [-0.4, -0.2) is 48.0 Å². The first kappa shape index (κ1) is 20.4. The second kappa shape index (κ2) is 9.26. The lowest BCUT2D eigenvalue weighted by atomic mass is 10.1. The fraction of sp³-hybridized carbons (Fsp3) is 0.200. The number of likely N-dealkylation sites (N-methyl/N-ethyl adjacent to an activating group) is 1. The van der Waals surface area contributed by atoms with Crippen LogP contribution in [0.3, 0.4) is 0 Å². The lowest BCUT2D eigenvalue weighted by molar-refractivity contribution is -0.384. The van der Waals surface area contributed by atoms with Crippen molar-refractivity contribution in [2.75, 3.05) is 32.6 Å². The number of nitrogens with zero attached hydrogens (tertiary/aromatic N) is 3. The number of hydrogen-bond acceptors (Lipinski definition) is 7. The molecule has 0 saturated heterocycles. The molecule has 2 aromatic carbocycles. The summed E-state index contributed by atoms with van der Waals surface area (Å²) in [6.07, 6.45) is 0. The van der Waals surface area contributed by atoms with Gasteiger partial charge in [0.15, 0.2) is 5.13 Å². The molecule has 0 unspecified atom stereocenters. The third-order valence-electron chi connectivity index (χ3n) is 4.02. The average Bonchev–Trinajstić information content (AvgIpc) is 3.16. The van der Waals surface area contributed by atoms with Gasteiger partial charge < -0.3 is 9.64 Å². The molecule has 3 aromatic rings. The molecule has 0 bridgehead atoms. The fourth-order valence-electron chi connectivity index (χ4n) is 2.50. The van der Waals surface area contributed by atoms with Crippen molar-refractivity contribution >= 4 is 28.1 Å². The second-order valence-electron chi connectivity index (χ2n) is 6.44. The van der Waals surface area contributed by atoms with Crippen LogP contribution in [0.15, 0.2) is 53.9 Å². The monoisotopic (exact) mass is 412 g/mol. The van der Waals surface area contributed by atoms with Crippen LogP contribution in [0.5, 0.6) is 5.75 Å². The molecule has 1 N–H and O–H groups in total. The highest BCUT2D eigenvalue weighted by atomic mass is 32.1. The molecule has 0 saturated carbocycles. The minimum atomic E-state index is -0.507. The molecule has 1 heterocycles. The van der Waals surface area contributed by atoms with Crippen LogP contribution in [0.2, 0.25) is 0 Å². The number of amides is 1. The predicted octanol–water partition coefficient (Wildman–Crippen LogP) is 3.91. The Labute approximate surface area is 171 Å². The Morgan fingerprint density at radius 1 is 1.21 bits per heavy atom. The molecule has 29 heavy (non-hydrogen) atoms. The maximum absolute atomic E-state index is 12.4. The van der Waals surface area contributed by atoms with Crippen LogP contribution >= 0.6 is 11.3 Å². The first-order chi connectivity index (χ1) is 13.9. The highest BCUT2D eigenvalue weighted by Crippen LogP contribution is 2.32. The molecule has 0 fully saturated rings. The molecule has 150 valence electrons. The largest absolute Gasteiger partial charge is 0.492 e. The standard InChI is InChI=1S/C20H20N4O4S/c1-23(2)11-12-28-18-6-4-3-5-16(18)17-13-29-20(21-17)22-19(25)14-7-9-15(10-8-14)24(26)27/h3-10,13H,11-12H2,1-2H3,(H,21,22,25). The minimum Gasteiger partial charge on any atom is -0.492 e. The van der Waals surface area contributed by atoms with Crippen molar-refractivity contribution < 1.29 is 14.5 Å². The highest BCUT2D eigenvalue weighted by Gasteiger charge is 2.14. The summed E-state index contributed by atoms with van der Waals surface area (Å²) in [5.74, 6) is 0.351. The molecule has 0 atom stereocenters. The SMILES string of the molecule is CN(C)CCOc1ccccc1-c1csc(NC(=O)c2ccc([N+](=O)[O-])cc2)n1. The first-order valence-corrected chi connectivity index (χ1v) is 9.70. The van der Waals surface area contributed by atoms with Gasteiger partial charge in [0.05, 0.1) is 10.6 Å². The second-order valence-corrected chi connectivity index (χ2v) is 7.30. The molecule has 0 aliphatic rings. The molecular formula is C20H20N4O4S. The molecule has 0 radical (unpaired) electrons. The number of nitrogens with one attached hydrogen (secondary N) is 1. The van der Waals surface area contributed by atoms with Gasteiger partial charge in [-0.1, -0.05) is 12.1 Å². The van der Waals surface area contributed by atoms with Crippen molar-refractivity contribution in [1.82, 2.24) is 9.88 Å². The Morgan fingerprint density at radius 2 is 1.93 bits per heavy atom. The first-order valence-electron chi connectivity index (χ1n) is 8.82. The summed E-state index contributed by atoms with van der Waals surface area (Å²) in [4.78, 5) is 29.1. The van der Waals surface area contributed by atoms with Gasteiger partial charge in [-0.25, -0.2) is 4.98 Å². The van der Waals surface area contributed by atoms with Crippen LogP contribution in [-0.2, 0) is 0 Å². The summed E-state index contributed by atoms with van der Waals surface area (Å²) >= 11 is 1.30. The van der Waals surface area contributed by atoms with Crippen LogP contribution < -0.4 is 10.1 Å². The molecule has 9 heteroatoms. The van der Waals surface area contributed by atoms with E-state index in [2.05, 4.69) is 10.3 Å². The molecule has 1 amide bonds. The van der Waals surface area contributed by atoms with Gasteiger partial charge in [-0.2, -0.15) is 0 Å². The number of aromatic nitrogens is 1. The van der Waals surface area contributed by atoms with Crippen LogP contribution in [0.1, 0.15) is 10.4 Å². The minimum absolute atomic E-state index is 0.0658. The number of carbonyl (C=O) groups is 1. The summed E-state index contributed by atoms with van der Waals surface area (Å²) in [6.45, 7) is 1.35. The van der Waals surface area contributed by atoms with Crippen molar-refractivity contribution in [3.05, 3.63) is 69.6 Å². The Kier molecular flexibility index (Phi) is 6.53. The van der Waals surface area contributed by atoms with E-state index in [4.69, 9.17) is 4.74 Å². The number of thiazole rings is 1. The number of rotatable bonds is 8. The Hall–Kier alpha value is -3.30. The van der Waals surface area contributed by atoms with Crippen LogP contribution in [0.25, 0.3) is 11.3 Å². The summed E-state index contributed by atoms with van der Waals surface area (Å²) in [5.41, 5.74) is 1.80. The number of ether oxygens (including phenoxy) is 1. The average molecular weight is 412 g/mol. The Balaban J connectivity index is 1.71. The van der Waals surface area contributed by atoms with E-state index in [1.807, 2.05) is 48.6 Å². The van der Waals surface area contributed by atoms with E-state index in [-0.39, 0.29) is 11.6 Å². The topological polar surface area (TPSA) is 97.6 Å². The van der Waals surface area contributed by atoms with Gasteiger partial charge in [0, 0.05) is 35.2 Å². The number of non-ortho nitro benzene ring substituents is 1. The van der Waals surface area contributed by atoms with Gasteiger partial charge in [-0.05, 0) is 38.4 Å². The third kappa shape index (κ3) is 5.37. The van der Waals surface area contributed by atoms with E-state index in [0.717, 1.165) is 17.9 Å². The predicted molar refractivity (Wildman–Crippen MR) is 113 cm³/mol. The Bertz CT molecular complexity index is 1000. The number of carbonyl (C=O) groups excluding carboxylic acids is 1. The third-order valence-corrected chi connectivity index (χ3v) is 4.78. The molecule has 0 aliphatic carbocycles. The van der Waals surface area contributed by atoms with E-state index >= 15 is 0 Å². The molecule has 8 nitrogen and oxygen atoms in total. The van der Waals surface area contributed by atoms with Gasteiger partial charge in [0.25, 0.3) is 11.6 Å². The Morgan fingerprint density at radius 3 is 2.62 bits per heavy atom. The van der Waals surface area contributed by atoms with E-state index in [0.29, 0.717) is 23.0 Å². The van der Waals surface area contributed by atoms with E-state index < -0.39 is 4.92 Å². The number of anilines is 1. The maximum atomic E-state index is 12.4. The number of nitro benzene ring substituents is 1. The van der Waals surface area contributed by atoms with Crippen molar-refractivity contribution in [2.24, 2.45) is 0 Å². The lowest BCUT2D eigenvalue weighted by Gasteiger charge is -2.13. The van der Waals surface area contributed by atoms with Gasteiger partial charge in [0.1, 0.15) is 12.4 Å². The lowest BCUT2D eigenvalue weighted by Crippen LogP contribution is -2.19. The molecule has 0 aliphatic heterocycles. The van der Waals surface area contributed by atoms with Crippen LogP contribution in [0, 0.1) is 10.1 Å². The zero-order valence-electron chi connectivity index (χ0n) is 16.0. The summed E-state index contributed by atoms with van der Waals surface area (Å²) in [6, 6.07) is 13.0. The van der Waals surface area contributed by atoms with E-state index in [9.17, 15) is 14.9 Å². The van der Waals surface area contributed by atoms with E-state index in [1.54, 1.807) is 0 Å². The van der Waals surface area contributed by atoms with Gasteiger partial charge in [-0.15, -0.1) is 11.3 Å². The zero-order valence-corrected chi connectivity index (χ0v) is 16.8. The number of para-hydroxylation sites is 1. The maximum Gasteiger partial charge on any atom is 0.269 e. The zero-order chi connectivity index (χ0) is 20.8. The smallest absolute Gasteiger partial charge is 0.269 e. The molecule has 3 rings (SSSR count). The van der Waals surface area contributed by atoms with Gasteiger partial charge in [0.2, 0.25) is 0 Å². The normalized spacial score (nSPS) is 10.7. The fourth-order valence-corrected chi connectivity index (χ4v) is 3.21. The van der Waals surface area contributed by atoms with Crippen molar-refractivity contribution in [1.29, 1.82) is 0 Å². The van der Waals surface area contributed by atoms with E-state index in [1.165, 1.54) is 35.6 Å². The van der Waals surface area contributed by atoms with Crippen molar-refractivity contribution in [3.63, 3.8) is 0 Å². The number of benzene rings is 2. The number of hydrogen-bond donors (Lipinski definition) is 1. The quantitative estimate of drug-likeness (QED) is 0.445. The molecule has 1 aromatic heterocycles. The summed E-state index contributed by atoms with van der Waals surface area (Å²) in [7, 11) is 3.96. The summed E-state index contributed by atoms with van der Waals surface area (Å²) < 4.78 is 5.87. The number of nitro groups is 1. The molecular weight excluding hydrogens is 392 g/mol. The van der Waals surface area contributed by atoms with Gasteiger partial charge in [-0.3, -0.25) is 20.2 Å². The van der Waals surface area contributed by atoms with Crippen molar-refractivity contribution in [2.45, 2.75) is 0 Å². The highest BCUT2D eigenvalue weighted by molar-refractivity contribution is 7.14. The molecule has 0 spiro atoms. The van der Waals surface area contributed by atoms with Crippen molar-refractivity contribution in [3.8, 4) is 17.0 Å².